The van der Waals surface area contributed by atoms with Crippen LogP contribution in [0.3, 0.4) is 0 Å². The number of hydrogen-bond donors (Lipinski definition) is 3. The number of hydrogen-bond acceptors (Lipinski definition) is 2. The predicted octanol–water partition coefficient (Wildman–Crippen LogP) is 3.26. The maximum atomic E-state index is 11.9. The summed E-state index contributed by atoms with van der Waals surface area (Å²) in [5, 5.41) is 10.0. The summed E-state index contributed by atoms with van der Waals surface area (Å²) < 4.78 is 0. The van der Waals surface area contributed by atoms with Crippen LogP contribution in [0.25, 0.3) is 0 Å². The molecule has 1 saturated heterocycles. The van der Waals surface area contributed by atoms with E-state index in [1.54, 1.807) is 18.2 Å². The van der Waals surface area contributed by atoms with E-state index in [4.69, 9.17) is 23.2 Å². The molecule has 1 atom stereocenters. The molecule has 1 heterocycles. The number of carbonyl (C=O) groups excluding carboxylic acids is 1. The number of rotatable bonds is 2. The van der Waals surface area contributed by atoms with Gasteiger partial charge in [-0.2, -0.15) is 0 Å². The van der Waals surface area contributed by atoms with Gasteiger partial charge in [-0.15, -0.1) is 0 Å². The summed E-state index contributed by atoms with van der Waals surface area (Å²) in [6.45, 7) is 1.95. The summed E-state index contributed by atoms with van der Waals surface area (Å²) in [6.07, 6.45) is 3.00. The zero-order valence-electron chi connectivity index (χ0n) is 10.5. The smallest absolute Gasteiger partial charge is 0.319 e. The number of benzene rings is 1. The van der Waals surface area contributed by atoms with E-state index in [1.807, 2.05) is 0 Å². The highest BCUT2D eigenvalue weighted by atomic mass is 35.5. The van der Waals surface area contributed by atoms with E-state index >= 15 is 0 Å². The highest BCUT2D eigenvalue weighted by molar-refractivity contribution is 6.35. The molecular formula is C13H17Cl2N3O. The molecule has 2 amide bonds. The third-order valence-corrected chi connectivity index (χ3v) is 3.65. The molecule has 0 aromatic heterocycles. The number of halogens is 2. The first kappa shape index (κ1) is 14.4. The highest BCUT2D eigenvalue weighted by Gasteiger charge is 2.15. The fourth-order valence-electron chi connectivity index (χ4n) is 2.10. The lowest BCUT2D eigenvalue weighted by Gasteiger charge is -2.17. The van der Waals surface area contributed by atoms with Gasteiger partial charge in [0.15, 0.2) is 0 Å². The Kier molecular flexibility index (Phi) is 5.31. The van der Waals surface area contributed by atoms with Crippen LogP contribution >= 0.6 is 23.2 Å². The minimum atomic E-state index is -0.240. The molecule has 1 fully saturated rings. The van der Waals surface area contributed by atoms with Crippen LogP contribution < -0.4 is 16.0 Å². The lowest BCUT2D eigenvalue weighted by atomic mass is 10.1. The molecule has 1 aromatic carbocycles. The van der Waals surface area contributed by atoms with Gasteiger partial charge in [0.2, 0.25) is 0 Å². The molecular weight excluding hydrogens is 285 g/mol. The van der Waals surface area contributed by atoms with Gasteiger partial charge in [-0.3, -0.25) is 0 Å². The lowest BCUT2D eigenvalue weighted by Crippen LogP contribution is -2.38. The average Bonchev–Trinajstić information content (AvgIpc) is 2.62. The largest absolute Gasteiger partial charge is 0.335 e. The van der Waals surface area contributed by atoms with Crippen LogP contribution in [-0.2, 0) is 0 Å². The van der Waals surface area contributed by atoms with Crippen molar-refractivity contribution in [1.29, 1.82) is 0 Å². The van der Waals surface area contributed by atoms with Crippen molar-refractivity contribution in [2.24, 2.45) is 0 Å². The lowest BCUT2D eigenvalue weighted by molar-refractivity contribution is 0.247. The standard InChI is InChI=1S/C13H17Cl2N3O/c14-9-3-4-11(15)12(8-9)18-13(19)17-10-2-1-6-16-7-5-10/h3-4,8,10,16H,1-2,5-7H2,(H2,17,18,19). The topological polar surface area (TPSA) is 53.2 Å². The Hall–Kier alpha value is -0.970. The Bertz CT molecular complexity index is 446. The number of anilines is 1. The summed E-state index contributed by atoms with van der Waals surface area (Å²) in [5.41, 5.74) is 0.526. The van der Waals surface area contributed by atoms with Gasteiger partial charge in [0.05, 0.1) is 10.7 Å². The summed E-state index contributed by atoms with van der Waals surface area (Å²) in [6, 6.07) is 4.95. The van der Waals surface area contributed by atoms with Crippen molar-refractivity contribution in [1.82, 2.24) is 10.6 Å². The molecule has 0 radical (unpaired) electrons. The van der Waals surface area contributed by atoms with Crippen molar-refractivity contribution in [3.05, 3.63) is 28.2 Å². The van der Waals surface area contributed by atoms with E-state index in [9.17, 15) is 4.79 Å². The minimum Gasteiger partial charge on any atom is -0.335 e. The zero-order chi connectivity index (χ0) is 13.7. The molecule has 4 nitrogen and oxygen atoms in total. The van der Waals surface area contributed by atoms with Gasteiger partial charge in [0.25, 0.3) is 0 Å². The number of amides is 2. The molecule has 0 bridgehead atoms. The van der Waals surface area contributed by atoms with Gasteiger partial charge < -0.3 is 16.0 Å². The van der Waals surface area contributed by atoms with Crippen LogP contribution in [0.5, 0.6) is 0 Å². The fraction of sp³-hybridized carbons (Fsp3) is 0.462. The van der Waals surface area contributed by atoms with Crippen LogP contribution in [0.4, 0.5) is 10.5 Å². The summed E-state index contributed by atoms with van der Waals surface area (Å²) in [5.74, 6) is 0. The van der Waals surface area contributed by atoms with Crippen molar-refractivity contribution in [3.63, 3.8) is 0 Å². The molecule has 1 unspecified atom stereocenters. The van der Waals surface area contributed by atoms with Crippen molar-refractivity contribution in [3.8, 4) is 0 Å². The third-order valence-electron chi connectivity index (χ3n) is 3.09. The van der Waals surface area contributed by atoms with E-state index in [2.05, 4.69) is 16.0 Å². The zero-order valence-corrected chi connectivity index (χ0v) is 12.0. The van der Waals surface area contributed by atoms with Crippen molar-refractivity contribution >= 4 is 34.9 Å². The first-order chi connectivity index (χ1) is 9.15. The Morgan fingerprint density at radius 3 is 2.95 bits per heavy atom. The van der Waals surface area contributed by atoms with Gasteiger partial charge in [-0.25, -0.2) is 4.79 Å². The minimum absolute atomic E-state index is 0.202. The van der Waals surface area contributed by atoms with Gasteiger partial charge in [0.1, 0.15) is 0 Å². The molecule has 1 aromatic rings. The molecule has 19 heavy (non-hydrogen) atoms. The molecule has 6 heteroatoms. The quantitative estimate of drug-likeness (QED) is 0.785. The molecule has 0 saturated carbocycles. The van der Waals surface area contributed by atoms with E-state index in [0.29, 0.717) is 15.7 Å². The van der Waals surface area contributed by atoms with Gasteiger partial charge in [-0.1, -0.05) is 23.2 Å². The number of nitrogens with one attached hydrogen (secondary N) is 3. The summed E-state index contributed by atoms with van der Waals surface area (Å²) in [4.78, 5) is 11.9. The SMILES string of the molecule is O=C(Nc1cc(Cl)ccc1Cl)NC1CCCNCC1. The van der Waals surface area contributed by atoms with E-state index in [1.165, 1.54) is 0 Å². The van der Waals surface area contributed by atoms with Crippen molar-refractivity contribution < 1.29 is 4.79 Å². The summed E-state index contributed by atoms with van der Waals surface area (Å²) in [7, 11) is 0. The molecule has 1 aliphatic rings. The average molecular weight is 302 g/mol. The van der Waals surface area contributed by atoms with Crippen LogP contribution in [0, 0.1) is 0 Å². The van der Waals surface area contributed by atoms with Gasteiger partial charge in [0, 0.05) is 11.1 Å². The normalized spacial score (nSPS) is 19.6. The number of urea groups is 1. The first-order valence-corrected chi connectivity index (χ1v) is 7.14. The van der Waals surface area contributed by atoms with Crippen LogP contribution in [0.2, 0.25) is 10.0 Å². The maximum absolute atomic E-state index is 11.9. The highest BCUT2D eigenvalue weighted by Crippen LogP contribution is 2.25. The first-order valence-electron chi connectivity index (χ1n) is 6.38. The molecule has 3 N–H and O–H groups in total. The van der Waals surface area contributed by atoms with Gasteiger partial charge in [-0.05, 0) is 50.6 Å². The second-order valence-corrected chi connectivity index (χ2v) is 5.44. The Balaban J connectivity index is 1.91. The molecule has 0 aliphatic carbocycles. The van der Waals surface area contributed by atoms with Crippen molar-refractivity contribution in [2.75, 3.05) is 18.4 Å². The molecule has 104 valence electrons. The van der Waals surface area contributed by atoms with Crippen LogP contribution in [0.15, 0.2) is 18.2 Å². The summed E-state index contributed by atoms with van der Waals surface area (Å²) >= 11 is 11.9. The Labute approximate surface area is 122 Å². The molecule has 0 spiro atoms. The van der Waals surface area contributed by atoms with E-state index in [-0.39, 0.29) is 12.1 Å². The fourth-order valence-corrected chi connectivity index (χ4v) is 2.44. The number of carbonyl (C=O) groups is 1. The monoisotopic (exact) mass is 301 g/mol. The van der Waals surface area contributed by atoms with E-state index < -0.39 is 0 Å². The van der Waals surface area contributed by atoms with E-state index in [0.717, 1.165) is 32.4 Å². The Morgan fingerprint density at radius 2 is 2.11 bits per heavy atom. The molecule has 2 rings (SSSR count). The predicted molar refractivity (Wildman–Crippen MR) is 79.1 cm³/mol. The third kappa shape index (κ3) is 4.56. The van der Waals surface area contributed by atoms with Crippen LogP contribution in [0.1, 0.15) is 19.3 Å². The second-order valence-electron chi connectivity index (χ2n) is 4.60. The second kappa shape index (κ2) is 6.98. The Morgan fingerprint density at radius 1 is 1.26 bits per heavy atom. The maximum Gasteiger partial charge on any atom is 0.319 e. The van der Waals surface area contributed by atoms with Crippen LogP contribution in [-0.4, -0.2) is 25.2 Å². The molecule has 1 aliphatic heterocycles. The van der Waals surface area contributed by atoms with Crippen molar-refractivity contribution in [2.45, 2.75) is 25.3 Å². The van der Waals surface area contributed by atoms with Gasteiger partial charge >= 0.3 is 6.03 Å².